The smallest absolute Gasteiger partial charge is 0.318 e. The number of aryl methyl sites for hydroxylation is 2. The van der Waals surface area contributed by atoms with Gasteiger partial charge in [-0.3, -0.25) is 4.90 Å². The van der Waals surface area contributed by atoms with Gasteiger partial charge in [-0.2, -0.15) is 9.29 Å². The second-order valence-electron chi connectivity index (χ2n) is 13.7. The molecule has 3 saturated heterocycles. The van der Waals surface area contributed by atoms with Crippen LogP contribution in [-0.2, 0) is 15.6 Å². The van der Waals surface area contributed by atoms with E-state index in [0.717, 1.165) is 64.1 Å². The number of benzene rings is 2. The second kappa shape index (κ2) is 15.1. The average molecular weight is 677 g/mol. The minimum absolute atomic E-state index is 0.151. The Labute approximate surface area is 287 Å². The maximum absolute atomic E-state index is 14.0. The maximum atomic E-state index is 14.0. The first kappa shape index (κ1) is 34.6. The zero-order valence-electron chi connectivity index (χ0n) is 29.1. The molecule has 1 aromatic heterocycles. The molecule has 3 aromatic rings. The van der Waals surface area contributed by atoms with Crippen LogP contribution >= 0.6 is 0 Å². The summed E-state index contributed by atoms with van der Waals surface area (Å²) in [4.78, 5) is 16.9. The number of sulfonamides is 1. The number of piperidine rings is 2. The molecule has 0 N–H and O–H groups in total. The molecule has 6 rings (SSSR count). The van der Waals surface area contributed by atoms with Crippen LogP contribution < -0.4 is 14.4 Å². The summed E-state index contributed by atoms with van der Waals surface area (Å²) >= 11 is 0. The van der Waals surface area contributed by atoms with Gasteiger partial charge >= 0.3 is 6.01 Å². The van der Waals surface area contributed by atoms with Crippen molar-refractivity contribution in [1.29, 1.82) is 0 Å². The van der Waals surface area contributed by atoms with E-state index >= 15 is 0 Å². The molecule has 0 bridgehead atoms. The molecule has 1 unspecified atom stereocenters. The van der Waals surface area contributed by atoms with Crippen LogP contribution in [0.15, 0.2) is 59.6 Å². The number of nitrogens with zero attached hydrogens (tertiary/aromatic N) is 6. The lowest BCUT2D eigenvalue weighted by Gasteiger charge is -2.48. The fourth-order valence-electron chi connectivity index (χ4n) is 8.03. The van der Waals surface area contributed by atoms with Crippen LogP contribution in [0.4, 0.5) is 5.82 Å². The summed E-state index contributed by atoms with van der Waals surface area (Å²) in [5.74, 6) is 1.45. The van der Waals surface area contributed by atoms with Gasteiger partial charge in [-0.05, 0) is 100 Å². The first-order valence-corrected chi connectivity index (χ1v) is 19.0. The third-order valence-corrected chi connectivity index (χ3v) is 12.9. The molecule has 3 fully saturated rings. The molecule has 2 aromatic carbocycles. The van der Waals surface area contributed by atoms with Crippen molar-refractivity contribution < 1.29 is 17.9 Å². The van der Waals surface area contributed by atoms with Gasteiger partial charge in [0.2, 0.25) is 10.0 Å². The molecular formula is C37H52N6O4S. The van der Waals surface area contributed by atoms with Gasteiger partial charge < -0.3 is 19.3 Å². The Morgan fingerprint density at radius 1 is 0.938 bits per heavy atom. The zero-order valence-corrected chi connectivity index (χ0v) is 29.9. The standard InChI is InChI=1S/C37H52N6O4S/c1-29-26-33(46-4)27-30(2)35(29)48(44,45)43-21-9-8-14-32(43)28-47-36-38-18-15-34(39-36)40(3)24-25-41-22-16-37(17-23-41,42-19-10-11-20-42)31-12-6-5-7-13-31/h5-7,12-13,15,18,26-27,32H,8-11,14,16-17,19-25,28H2,1-4H3. The monoisotopic (exact) mass is 676 g/mol. The van der Waals surface area contributed by atoms with E-state index in [1.54, 1.807) is 29.7 Å². The summed E-state index contributed by atoms with van der Waals surface area (Å²) in [6.45, 7) is 10.7. The van der Waals surface area contributed by atoms with Crippen molar-refractivity contribution in [2.75, 3.05) is 71.5 Å². The lowest BCUT2D eigenvalue weighted by Crippen LogP contribution is -2.53. The molecule has 0 spiro atoms. The molecule has 48 heavy (non-hydrogen) atoms. The van der Waals surface area contributed by atoms with Gasteiger partial charge in [-0.25, -0.2) is 13.4 Å². The fourth-order valence-corrected chi connectivity index (χ4v) is 10.1. The van der Waals surface area contributed by atoms with Gasteiger partial charge in [0.05, 0.1) is 18.0 Å². The van der Waals surface area contributed by atoms with E-state index in [-0.39, 0.29) is 24.2 Å². The predicted octanol–water partition coefficient (Wildman–Crippen LogP) is 5.25. The van der Waals surface area contributed by atoms with Gasteiger partial charge in [0, 0.05) is 51.5 Å². The fraction of sp³-hybridized carbons (Fsp3) is 0.568. The molecule has 1 atom stereocenters. The van der Waals surface area contributed by atoms with Crippen LogP contribution in [0.1, 0.15) is 61.6 Å². The molecule has 0 aliphatic carbocycles. The number of anilines is 1. The number of ether oxygens (including phenoxy) is 2. The van der Waals surface area contributed by atoms with Crippen molar-refractivity contribution in [3.05, 3.63) is 71.4 Å². The van der Waals surface area contributed by atoms with E-state index in [4.69, 9.17) is 14.5 Å². The van der Waals surface area contributed by atoms with E-state index < -0.39 is 10.0 Å². The highest BCUT2D eigenvalue weighted by molar-refractivity contribution is 7.89. The van der Waals surface area contributed by atoms with Crippen LogP contribution in [0.3, 0.4) is 0 Å². The Balaban J connectivity index is 1.05. The van der Waals surface area contributed by atoms with Gasteiger partial charge in [-0.15, -0.1) is 0 Å². The summed E-state index contributed by atoms with van der Waals surface area (Å²) in [7, 11) is -0.0773. The Bertz CT molecular complexity index is 1600. The SMILES string of the molecule is COc1cc(C)c(S(=O)(=O)N2CCCCC2COc2nccc(N(C)CCN3CCC(c4ccccc4)(N4CCCC4)CC3)n2)c(C)c1. The Morgan fingerprint density at radius 3 is 2.31 bits per heavy atom. The lowest BCUT2D eigenvalue weighted by atomic mass is 9.79. The zero-order chi connectivity index (χ0) is 33.7. The Kier molecular flexibility index (Phi) is 10.9. The summed E-state index contributed by atoms with van der Waals surface area (Å²) in [5.41, 5.74) is 2.99. The van der Waals surface area contributed by atoms with Gasteiger partial charge in [0.1, 0.15) is 18.2 Å². The molecule has 0 saturated carbocycles. The van der Waals surface area contributed by atoms with Gasteiger partial charge in [0.15, 0.2) is 0 Å². The van der Waals surface area contributed by atoms with E-state index in [9.17, 15) is 8.42 Å². The third-order valence-electron chi connectivity index (χ3n) is 10.7. The summed E-state index contributed by atoms with van der Waals surface area (Å²) in [6.07, 6.45) is 9.12. The first-order valence-electron chi connectivity index (χ1n) is 17.6. The molecule has 4 heterocycles. The van der Waals surface area contributed by atoms with Crippen molar-refractivity contribution in [2.24, 2.45) is 0 Å². The maximum Gasteiger partial charge on any atom is 0.318 e. The molecule has 11 heteroatoms. The number of likely N-dealkylation sites (tertiary alicyclic amines) is 2. The number of hydrogen-bond donors (Lipinski definition) is 0. The molecule has 0 radical (unpaired) electrons. The summed E-state index contributed by atoms with van der Waals surface area (Å²) < 4.78 is 41.0. The van der Waals surface area contributed by atoms with E-state index in [1.807, 2.05) is 19.9 Å². The van der Waals surface area contributed by atoms with Crippen molar-refractivity contribution in [3.8, 4) is 11.8 Å². The van der Waals surface area contributed by atoms with Crippen LogP contribution in [-0.4, -0.2) is 105 Å². The molecule has 260 valence electrons. The number of aromatic nitrogens is 2. The van der Waals surface area contributed by atoms with Crippen molar-refractivity contribution in [3.63, 3.8) is 0 Å². The number of methoxy groups -OCH3 is 1. The summed E-state index contributed by atoms with van der Waals surface area (Å²) in [6, 6.07) is 16.6. The number of rotatable bonds is 12. The average Bonchev–Trinajstić information content (AvgIpc) is 3.66. The molecular weight excluding hydrogens is 625 g/mol. The van der Waals surface area contributed by atoms with Gasteiger partial charge in [0.25, 0.3) is 0 Å². The van der Waals surface area contributed by atoms with Crippen LogP contribution in [0.25, 0.3) is 0 Å². The quantitative estimate of drug-likeness (QED) is 0.255. The van der Waals surface area contributed by atoms with Crippen LogP contribution in [0.5, 0.6) is 11.8 Å². The molecule has 3 aliphatic rings. The van der Waals surface area contributed by atoms with E-state index in [0.29, 0.717) is 28.3 Å². The number of hydrogen-bond acceptors (Lipinski definition) is 9. The highest BCUT2D eigenvalue weighted by Gasteiger charge is 2.42. The normalized spacial score (nSPS) is 20.9. The molecule has 3 aliphatic heterocycles. The topological polar surface area (TPSA) is 91.3 Å². The second-order valence-corrected chi connectivity index (χ2v) is 15.5. The van der Waals surface area contributed by atoms with E-state index in [1.165, 1.54) is 31.5 Å². The van der Waals surface area contributed by atoms with Crippen LogP contribution in [0.2, 0.25) is 0 Å². The lowest BCUT2D eigenvalue weighted by molar-refractivity contribution is 0.0351. The minimum atomic E-state index is -3.73. The van der Waals surface area contributed by atoms with Gasteiger partial charge in [-0.1, -0.05) is 36.8 Å². The highest BCUT2D eigenvalue weighted by Crippen LogP contribution is 2.41. The van der Waals surface area contributed by atoms with Crippen molar-refractivity contribution >= 4 is 15.8 Å². The molecule has 0 amide bonds. The van der Waals surface area contributed by atoms with Crippen LogP contribution in [0, 0.1) is 13.8 Å². The minimum Gasteiger partial charge on any atom is -0.497 e. The Hall–Kier alpha value is -3.25. The Morgan fingerprint density at radius 2 is 1.62 bits per heavy atom. The van der Waals surface area contributed by atoms with E-state index in [2.05, 4.69) is 57.1 Å². The largest absolute Gasteiger partial charge is 0.497 e. The first-order chi connectivity index (χ1) is 23.2. The van der Waals surface area contributed by atoms with Crippen molar-refractivity contribution in [2.45, 2.75) is 75.3 Å². The van der Waals surface area contributed by atoms with Crippen molar-refractivity contribution in [1.82, 2.24) is 24.1 Å². The predicted molar refractivity (Wildman–Crippen MR) is 189 cm³/mol. The third kappa shape index (κ3) is 7.34. The molecule has 10 nitrogen and oxygen atoms in total. The highest BCUT2D eigenvalue weighted by atomic mass is 32.2. The summed E-state index contributed by atoms with van der Waals surface area (Å²) in [5, 5.41) is 0. The number of likely N-dealkylation sites (N-methyl/N-ethyl adjacent to an activating group) is 1.